The molecule has 0 amide bonds. The van der Waals surface area contributed by atoms with Crippen molar-refractivity contribution in [2.45, 2.75) is 45.2 Å². The molecule has 0 unspecified atom stereocenters. The molecule has 0 spiro atoms. The van der Waals surface area contributed by atoms with Crippen molar-refractivity contribution in [2.75, 3.05) is 25.0 Å². The lowest BCUT2D eigenvalue weighted by molar-refractivity contribution is 0.487. The maximum absolute atomic E-state index is 6.03. The van der Waals surface area contributed by atoms with Crippen LogP contribution in [0.3, 0.4) is 0 Å². The van der Waals surface area contributed by atoms with Crippen molar-refractivity contribution in [3.63, 3.8) is 0 Å². The molecule has 114 valence electrons. The predicted octanol–water partition coefficient (Wildman–Crippen LogP) is 1.29. The molecule has 0 atom stereocenters. The lowest BCUT2D eigenvalue weighted by Gasteiger charge is -2.18. The van der Waals surface area contributed by atoms with Gasteiger partial charge in [-0.1, -0.05) is 0 Å². The zero-order valence-corrected chi connectivity index (χ0v) is 12.9. The quantitative estimate of drug-likeness (QED) is 0.668. The Bertz CT molecular complexity index is 531. The van der Waals surface area contributed by atoms with Crippen molar-refractivity contribution in [1.82, 2.24) is 14.9 Å². The van der Waals surface area contributed by atoms with Gasteiger partial charge in [0, 0.05) is 31.9 Å². The molecule has 0 aromatic carbocycles. The van der Waals surface area contributed by atoms with Gasteiger partial charge in [-0.25, -0.2) is 15.0 Å². The number of anilines is 1. The summed E-state index contributed by atoms with van der Waals surface area (Å²) in [4.78, 5) is 18.0. The largest absolute Gasteiger partial charge is 0.370 e. The molecule has 1 aromatic rings. The predicted molar refractivity (Wildman–Crippen MR) is 84.3 cm³/mol. The van der Waals surface area contributed by atoms with Crippen LogP contribution >= 0.6 is 0 Å². The van der Waals surface area contributed by atoms with E-state index in [9.17, 15) is 0 Å². The third-order valence-electron chi connectivity index (χ3n) is 4.14. The van der Waals surface area contributed by atoms with E-state index in [1.165, 1.54) is 25.7 Å². The van der Waals surface area contributed by atoms with Gasteiger partial charge in [0.15, 0.2) is 5.96 Å². The summed E-state index contributed by atoms with van der Waals surface area (Å²) in [5, 5.41) is 0. The molecule has 0 radical (unpaired) electrons. The number of rotatable bonds is 4. The standard InChI is InChI=1S/C15H24N6/c1-11-9-12(10-17-14(16)20(2)13-5-6-13)19-15(18-11)21-7-3-4-8-21/h9,13H,3-8,10H2,1-2H3,(H2,16,17). The zero-order valence-electron chi connectivity index (χ0n) is 12.9. The number of hydrogen-bond donors (Lipinski definition) is 1. The van der Waals surface area contributed by atoms with Gasteiger partial charge in [0.1, 0.15) is 0 Å². The van der Waals surface area contributed by atoms with Gasteiger partial charge in [-0.15, -0.1) is 0 Å². The first-order valence-electron chi connectivity index (χ1n) is 7.76. The average Bonchev–Trinajstić information content (AvgIpc) is 3.17. The fourth-order valence-electron chi connectivity index (χ4n) is 2.68. The highest BCUT2D eigenvalue weighted by atomic mass is 15.3. The van der Waals surface area contributed by atoms with Crippen LogP contribution in [-0.2, 0) is 6.54 Å². The van der Waals surface area contributed by atoms with Crippen molar-refractivity contribution in [2.24, 2.45) is 10.7 Å². The second-order valence-electron chi connectivity index (χ2n) is 6.01. The van der Waals surface area contributed by atoms with Crippen LogP contribution in [0.15, 0.2) is 11.1 Å². The fourth-order valence-corrected chi connectivity index (χ4v) is 2.68. The number of hydrogen-bond acceptors (Lipinski definition) is 4. The summed E-state index contributed by atoms with van der Waals surface area (Å²) in [7, 11) is 2.01. The number of aromatic nitrogens is 2. The Balaban J connectivity index is 1.70. The first-order valence-corrected chi connectivity index (χ1v) is 7.76. The normalized spacial score (nSPS) is 19.1. The van der Waals surface area contributed by atoms with Crippen LogP contribution in [0, 0.1) is 6.92 Å². The van der Waals surface area contributed by atoms with Gasteiger partial charge >= 0.3 is 0 Å². The molecule has 6 heteroatoms. The lowest BCUT2D eigenvalue weighted by Crippen LogP contribution is -2.35. The Morgan fingerprint density at radius 1 is 1.38 bits per heavy atom. The Labute approximate surface area is 126 Å². The van der Waals surface area contributed by atoms with Crippen LogP contribution in [0.1, 0.15) is 37.1 Å². The van der Waals surface area contributed by atoms with Crippen LogP contribution < -0.4 is 10.6 Å². The molecular weight excluding hydrogens is 264 g/mol. The summed E-state index contributed by atoms with van der Waals surface area (Å²) >= 11 is 0. The number of guanidine groups is 1. The van der Waals surface area contributed by atoms with Crippen molar-refractivity contribution >= 4 is 11.9 Å². The van der Waals surface area contributed by atoms with Crippen molar-refractivity contribution in [3.05, 3.63) is 17.5 Å². The summed E-state index contributed by atoms with van der Waals surface area (Å²) in [6.07, 6.45) is 4.89. The maximum atomic E-state index is 6.03. The molecule has 2 N–H and O–H groups in total. The molecule has 2 heterocycles. The van der Waals surface area contributed by atoms with Gasteiger partial charge in [-0.2, -0.15) is 0 Å². The number of aliphatic imine (C=N–C) groups is 1. The molecule has 1 aliphatic carbocycles. The van der Waals surface area contributed by atoms with Crippen LogP contribution in [0.25, 0.3) is 0 Å². The van der Waals surface area contributed by atoms with Gasteiger partial charge in [0.2, 0.25) is 5.95 Å². The minimum atomic E-state index is 0.521. The first-order chi connectivity index (χ1) is 10.1. The molecule has 6 nitrogen and oxygen atoms in total. The summed E-state index contributed by atoms with van der Waals surface area (Å²) in [5.74, 6) is 1.45. The summed E-state index contributed by atoms with van der Waals surface area (Å²) in [6, 6.07) is 2.58. The SMILES string of the molecule is Cc1cc(CN=C(N)N(C)C2CC2)nc(N2CCCC2)n1. The average molecular weight is 288 g/mol. The van der Waals surface area contributed by atoms with E-state index in [0.29, 0.717) is 18.5 Å². The maximum Gasteiger partial charge on any atom is 0.225 e. The number of nitrogens with two attached hydrogens (primary N) is 1. The van der Waals surface area contributed by atoms with E-state index < -0.39 is 0 Å². The third kappa shape index (κ3) is 3.43. The Morgan fingerprint density at radius 2 is 2.10 bits per heavy atom. The van der Waals surface area contributed by atoms with Gasteiger partial charge in [0.25, 0.3) is 0 Å². The van der Waals surface area contributed by atoms with Gasteiger partial charge in [-0.3, -0.25) is 0 Å². The second kappa shape index (κ2) is 5.87. The van der Waals surface area contributed by atoms with Gasteiger partial charge in [-0.05, 0) is 38.7 Å². The molecule has 1 saturated carbocycles. The van der Waals surface area contributed by atoms with Crippen molar-refractivity contribution in [1.29, 1.82) is 0 Å². The van der Waals surface area contributed by atoms with E-state index in [1.54, 1.807) is 0 Å². The minimum Gasteiger partial charge on any atom is -0.370 e. The van der Waals surface area contributed by atoms with E-state index >= 15 is 0 Å². The second-order valence-corrected chi connectivity index (χ2v) is 6.01. The Hall–Kier alpha value is -1.85. The molecule has 2 fully saturated rings. The Kier molecular flexibility index (Phi) is 3.94. The molecule has 1 aliphatic heterocycles. The molecule has 21 heavy (non-hydrogen) atoms. The summed E-state index contributed by atoms with van der Waals surface area (Å²) < 4.78 is 0. The topological polar surface area (TPSA) is 70.6 Å². The highest BCUT2D eigenvalue weighted by molar-refractivity contribution is 5.78. The van der Waals surface area contributed by atoms with Crippen LogP contribution in [0.4, 0.5) is 5.95 Å². The number of aryl methyl sites for hydroxylation is 1. The summed E-state index contributed by atoms with van der Waals surface area (Å²) in [6.45, 7) is 4.64. The van der Waals surface area contributed by atoms with Gasteiger partial charge < -0.3 is 15.5 Å². The zero-order chi connectivity index (χ0) is 14.8. The van der Waals surface area contributed by atoms with E-state index in [1.807, 2.05) is 20.0 Å². The van der Waals surface area contributed by atoms with Crippen LogP contribution in [0.5, 0.6) is 0 Å². The monoisotopic (exact) mass is 288 g/mol. The van der Waals surface area contributed by atoms with E-state index in [0.717, 1.165) is 30.4 Å². The number of nitrogens with zero attached hydrogens (tertiary/aromatic N) is 5. The third-order valence-corrected chi connectivity index (χ3v) is 4.14. The summed E-state index contributed by atoms with van der Waals surface area (Å²) in [5.41, 5.74) is 7.96. The smallest absolute Gasteiger partial charge is 0.225 e. The fraction of sp³-hybridized carbons (Fsp3) is 0.667. The van der Waals surface area contributed by atoms with E-state index in [-0.39, 0.29) is 0 Å². The van der Waals surface area contributed by atoms with Crippen LogP contribution in [-0.4, -0.2) is 47.0 Å². The molecule has 2 aliphatic rings. The van der Waals surface area contributed by atoms with Crippen LogP contribution in [0.2, 0.25) is 0 Å². The lowest BCUT2D eigenvalue weighted by atomic mass is 10.3. The van der Waals surface area contributed by atoms with E-state index in [4.69, 9.17) is 5.73 Å². The molecule has 1 saturated heterocycles. The molecule has 1 aromatic heterocycles. The molecular formula is C15H24N6. The Morgan fingerprint density at radius 3 is 2.76 bits per heavy atom. The first kappa shape index (κ1) is 14.1. The van der Waals surface area contributed by atoms with E-state index in [2.05, 4.69) is 24.8 Å². The highest BCUT2D eigenvalue weighted by Crippen LogP contribution is 2.25. The highest BCUT2D eigenvalue weighted by Gasteiger charge is 2.27. The minimum absolute atomic E-state index is 0.521. The molecule has 0 bridgehead atoms. The van der Waals surface area contributed by atoms with Crippen molar-refractivity contribution < 1.29 is 0 Å². The molecule has 3 rings (SSSR count). The van der Waals surface area contributed by atoms with Crippen molar-refractivity contribution in [3.8, 4) is 0 Å². The van der Waals surface area contributed by atoms with Gasteiger partial charge in [0.05, 0.1) is 12.2 Å².